The first-order chi connectivity index (χ1) is 8.56. The van der Waals surface area contributed by atoms with Crippen molar-refractivity contribution in [1.82, 2.24) is 5.32 Å². The number of nitrogens with two attached hydrogens (primary N) is 1. The summed E-state index contributed by atoms with van der Waals surface area (Å²) in [5, 5.41) is 3.22. The molecule has 0 aliphatic heterocycles. The molecule has 0 bridgehead atoms. The molecule has 0 aliphatic carbocycles. The van der Waals surface area contributed by atoms with Gasteiger partial charge in [0, 0.05) is 6.04 Å². The van der Waals surface area contributed by atoms with Crippen molar-refractivity contribution < 1.29 is 4.74 Å². The van der Waals surface area contributed by atoms with Crippen LogP contribution in [-0.4, -0.2) is 20.7 Å². The Morgan fingerprint density at radius 1 is 1.28 bits per heavy atom. The first-order valence-corrected chi connectivity index (χ1v) is 6.61. The van der Waals surface area contributed by atoms with Gasteiger partial charge in [0.1, 0.15) is 5.75 Å². The minimum absolute atomic E-state index is 0.0760. The summed E-state index contributed by atoms with van der Waals surface area (Å²) in [4.78, 5) is 0. The number of ether oxygens (including phenoxy) is 1. The van der Waals surface area contributed by atoms with E-state index in [9.17, 15) is 0 Å². The van der Waals surface area contributed by atoms with Crippen molar-refractivity contribution in [2.45, 2.75) is 33.2 Å². The highest BCUT2D eigenvalue weighted by Gasteiger charge is 2.20. The Bertz CT molecular complexity index is 390. The maximum absolute atomic E-state index is 6.42. The lowest BCUT2D eigenvalue weighted by Crippen LogP contribution is -2.29. The highest BCUT2D eigenvalue weighted by atomic mass is 16.5. The van der Waals surface area contributed by atoms with Crippen molar-refractivity contribution >= 4 is 0 Å². The molecule has 0 saturated carbocycles. The predicted octanol–water partition coefficient (Wildman–Crippen LogP) is 2.56. The van der Waals surface area contributed by atoms with E-state index in [1.54, 1.807) is 7.11 Å². The van der Waals surface area contributed by atoms with Gasteiger partial charge in [0.15, 0.2) is 0 Å². The number of hydrogen-bond donors (Lipinski definition) is 2. The Hall–Kier alpha value is -1.06. The third-order valence-electron chi connectivity index (χ3n) is 3.86. The van der Waals surface area contributed by atoms with Gasteiger partial charge in [-0.05, 0) is 56.1 Å². The minimum Gasteiger partial charge on any atom is -0.496 e. The molecule has 2 unspecified atom stereocenters. The number of nitrogens with one attached hydrogen (secondary N) is 1. The van der Waals surface area contributed by atoms with Gasteiger partial charge in [0.25, 0.3) is 0 Å². The molecule has 3 heteroatoms. The molecule has 0 fully saturated rings. The molecule has 0 aliphatic rings. The van der Waals surface area contributed by atoms with Crippen molar-refractivity contribution in [2.75, 3.05) is 20.7 Å². The molecule has 1 aromatic carbocycles. The lowest BCUT2D eigenvalue weighted by molar-refractivity contribution is 0.397. The van der Waals surface area contributed by atoms with Gasteiger partial charge in [0.05, 0.1) is 7.11 Å². The van der Waals surface area contributed by atoms with Crippen LogP contribution in [0.1, 0.15) is 36.1 Å². The average molecular weight is 250 g/mol. The Balaban J connectivity index is 3.05. The van der Waals surface area contributed by atoms with Crippen LogP contribution in [0.4, 0.5) is 0 Å². The highest BCUT2D eigenvalue weighted by molar-refractivity contribution is 5.44. The molecule has 0 saturated heterocycles. The van der Waals surface area contributed by atoms with E-state index in [1.807, 2.05) is 13.1 Å². The lowest BCUT2D eigenvalue weighted by Gasteiger charge is -2.25. The summed E-state index contributed by atoms with van der Waals surface area (Å²) in [5.74, 6) is 1.40. The Morgan fingerprint density at radius 3 is 2.44 bits per heavy atom. The summed E-state index contributed by atoms with van der Waals surface area (Å²) in [6.07, 6.45) is 1.08. The van der Waals surface area contributed by atoms with E-state index in [4.69, 9.17) is 10.5 Å². The van der Waals surface area contributed by atoms with E-state index in [1.165, 1.54) is 16.7 Å². The fourth-order valence-corrected chi connectivity index (χ4v) is 2.44. The maximum Gasteiger partial charge on any atom is 0.122 e. The van der Waals surface area contributed by atoms with Crippen molar-refractivity contribution in [3.8, 4) is 5.75 Å². The van der Waals surface area contributed by atoms with E-state index in [0.29, 0.717) is 5.92 Å². The number of benzene rings is 1. The topological polar surface area (TPSA) is 47.3 Å². The molecule has 0 spiro atoms. The highest BCUT2D eigenvalue weighted by Crippen LogP contribution is 2.30. The van der Waals surface area contributed by atoms with Crippen LogP contribution in [0.15, 0.2) is 12.1 Å². The summed E-state index contributed by atoms with van der Waals surface area (Å²) < 4.78 is 5.34. The number of hydrogen-bond acceptors (Lipinski definition) is 3. The van der Waals surface area contributed by atoms with E-state index in [-0.39, 0.29) is 6.04 Å². The standard InChI is InChI=1S/C15H26N2O/c1-6-12(9-17-4)15(16)13-7-8-14(18-5)11(3)10(13)2/h7-8,12,15,17H,6,9,16H2,1-5H3. The summed E-state index contributed by atoms with van der Waals surface area (Å²) in [6.45, 7) is 7.35. The quantitative estimate of drug-likeness (QED) is 0.815. The molecule has 0 amide bonds. The molecule has 1 rings (SSSR count). The van der Waals surface area contributed by atoms with Crippen molar-refractivity contribution in [2.24, 2.45) is 11.7 Å². The first-order valence-electron chi connectivity index (χ1n) is 6.61. The molecule has 3 nitrogen and oxygen atoms in total. The zero-order valence-corrected chi connectivity index (χ0v) is 12.2. The second-order valence-electron chi connectivity index (χ2n) is 4.86. The molecular weight excluding hydrogens is 224 g/mol. The van der Waals surface area contributed by atoms with Crippen LogP contribution >= 0.6 is 0 Å². The molecular formula is C15H26N2O. The van der Waals surface area contributed by atoms with Crippen molar-refractivity contribution in [1.29, 1.82) is 0 Å². The SMILES string of the molecule is CCC(CNC)C(N)c1ccc(OC)c(C)c1C. The van der Waals surface area contributed by atoms with Crippen LogP contribution in [0.2, 0.25) is 0 Å². The third-order valence-corrected chi connectivity index (χ3v) is 3.86. The minimum atomic E-state index is 0.0760. The van der Waals surface area contributed by atoms with Gasteiger partial charge in [-0.2, -0.15) is 0 Å². The van der Waals surface area contributed by atoms with Gasteiger partial charge in [-0.1, -0.05) is 19.4 Å². The van der Waals surface area contributed by atoms with Gasteiger partial charge in [-0.3, -0.25) is 0 Å². The smallest absolute Gasteiger partial charge is 0.122 e. The lowest BCUT2D eigenvalue weighted by atomic mass is 9.87. The zero-order chi connectivity index (χ0) is 13.7. The summed E-state index contributed by atoms with van der Waals surface area (Å²) >= 11 is 0. The summed E-state index contributed by atoms with van der Waals surface area (Å²) in [6, 6.07) is 4.19. The predicted molar refractivity (Wildman–Crippen MR) is 77.1 cm³/mol. The molecule has 0 heterocycles. The molecule has 0 aromatic heterocycles. The molecule has 102 valence electrons. The van der Waals surface area contributed by atoms with Gasteiger partial charge in [-0.15, -0.1) is 0 Å². The first kappa shape index (κ1) is 15.0. The maximum atomic E-state index is 6.42. The molecule has 2 atom stereocenters. The third kappa shape index (κ3) is 3.03. The fourth-order valence-electron chi connectivity index (χ4n) is 2.44. The van der Waals surface area contributed by atoms with Gasteiger partial charge >= 0.3 is 0 Å². The van der Waals surface area contributed by atoms with Gasteiger partial charge in [0.2, 0.25) is 0 Å². The van der Waals surface area contributed by atoms with Crippen LogP contribution in [0.25, 0.3) is 0 Å². The second-order valence-corrected chi connectivity index (χ2v) is 4.86. The van der Waals surface area contributed by atoms with Crippen molar-refractivity contribution in [3.63, 3.8) is 0 Å². The summed E-state index contributed by atoms with van der Waals surface area (Å²) in [7, 11) is 3.68. The van der Waals surface area contributed by atoms with Gasteiger partial charge in [-0.25, -0.2) is 0 Å². The largest absolute Gasteiger partial charge is 0.496 e. The Labute approximate surface area is 111 Å². The van der Waals surface area contributed by atoms with Gasteiger partial charge < -0.3 is 15.8 Å². The fraction of sp³-hybridized carbons (Fsp3) is 0.600. The van der Waals surface area contributed by atoms with Crippen LogP contribution in [0, 0.1) is 19.8 Å². The zero-order valence-electron chi connectivity index (χ0n) is 12.2. The normalized spacial score (nSPS) is 14.3. The molecule has 18 heavy (non-hydrogen) atoms. The van der Waals surface area contributed by atoms with Crippen LogP contribution in [0.5, 0.6) is 5.75 Å². The molecule has 0 radical (unpaired) electrons. The Morgan fingerprint density at radius 2 is 1.94 bits per heavy atom. The monoisotopic (exact) mass is 250 g/mol. The molecule has 3 N–H and O–H groups in total. The van der Waals surface area contributed by atoms with E-state index in [0.717, 1.165) is 18.7 Å². The van der Waals surface area contributed by atoms with Crippen molar-refractivity contribution in [3.05, 3.63) is 28.8 Å². The summed E-state index contributed by atoms with van der Waals surface area (Å²) in [5.41, 5.74) is 10.1. The van der Waals surface area contributed by atoms with Crippen LogP contribution < -0.4 is 15.8 Å². The van der Waals surface area contributed by atoms with Crippen LogP contribution in [0.3, 0.4) is 0 Å². The number of rotatable bonds is 6. The van der Waals surface area contributed by atoms with Crippen LogP contribution in [-0.2, 0) is 0 Å². The van der Waals surface area contributed by atoms with E-state index in [2.05, 4.69) is 32.2 Å². The number of methoxy groups -OCH3 is 1. The Kier molecular flexibility index (Phi) is 5.63. The molecule has 1 aromatic rings. The average Bonchev–Trinajstić information content (AvgIpc) is 2.38. The van der Waals surface area contributed by atoms with E-state index < -0.39 is 0 Å². The second kappa shape index (κ2) is 6.76. The van der Waals surface area contributed by atoms with E-state index >= 15 is 0 Å².